The maximum atomic E-state index is 10.6. The lowest BCUT2D eigenvalue weighted by Gasteiger charge is -2.00. The van der Waals surface area contributed by atoms with Gasteiger partial charge in [-0.25, -0.2) is 5.32 Å². The van der Waals surface area contributed by atoms with Gasteiger partial charge in [0.1, 0.15) is 0 Å². The van der Waals surface area contributed by atoms with Crippen LogP contribution in [-0.4, -0.2) is 5.91 Å². The molecule has 0 bridgehead atoms. The van der Waals surface area contributed by atoms with Gasteiger partial charge in [-0.1, -0.05) is 23.2 Å². The highest BCUT2D eigenvalue weighted by atomic mass is 35.5. The van der Waals surface area contributed by atoms with Crippen molar-refractivity contribution in [1.82, 2.24) is 5.32 Å². The Morgan fingerprint density at radius 1 is 1.42 bits per heavy atom. The van der Waals surface area contributed by atoms with Gasteiger partial charge in [0.05, 0.1) is 10.7 Å². The summed E-state index contributed by atoms with van der Waals surface area (Å²) in [6, 6.07) is 4.78. The first-order valence-corrected chi connectivity index (χ1v) is 4.02. The van der Waals surface area contributed by atoms with Gasteiger partial charge in [-0.15, -0.1) is 0 Å². The number of carbonyl (C=O) groups excluding carboxylic acids is 1. The lowest BCUT2D eigenvalue weighted by Crippen LogP contribution is -2.04. The van der Waals surface area contributed by atoms with Crippen molar-refractivity contribution < 1.29 is 4.79 Å². The second-order valence-corrected chi connectivity index (χ2v) is 3.07. The molecule has 0 aliphatic rings. The van der Waals surface area contributed by atoms with E-state index in [9.17, 15) is 4.79 Å². The molecule has 63 valence electrons. The summed E-state index contributed by atoms with van der Waals surface area (Å²) in [5.41, 5.74) is 0.452. The average molecular weight is 203 g/mol. The van der Waals surface area contributed by atoms with Gasteiger partial charge in [-0.05, 0) is 18.2 Å². The summed E-state index contributed by atoms with van der Waals surface area (Å²) in [5.74, 6) is -0.278. The van der Waals surface area contributed by atoms with Crippen LogP contribution in [0.5, 0.6) is 0 Å². The zero-order valence-electron chi connectivity index (χ0n) is 6.34. The van der Waals surface area contributed by atoms with E-state index in [1.807, 2.05) is 0 Å². The Kier molecular flexibility index (Phi) is 2.95. The number of amides is 1. The van der Waals surface area contributed by atoms with Crippen molar-refractivity contribution in [3.05, 3.63) is 28.2 Å². The second kappa shape index (κ2) is 3.78. The van der Waals surface area contributed by atoms with Crippen LogP contribution in [0.3, 0.4) is 0 Å². The number of hydrogen-bond acceptors (Lipinski definition) is 1. The Bertz CT molecular complexity index is 312. The van der Waals surface area contributed by atoms with E-state index >= 15 is 0 Å². The molecule has 0 saturated carbocycles. The summed E-state index contributed by atoms with van der Waals surface area (Å²) >= 11 is 11.4. The molecular formula is C8H6Cl2NO. The van der Waals surface area contributed by atoms with Crippen molar-refractivity contribution in [2.75, 3.05) is 0 Å². The molecule has 12 heavy (non-hydrogen) atoms. The summed E-state index contributed by atoms with van der Waals surface area (Å²) in [4.78, 5) is 10.6. The Morgan fingerprint density at radius 3 is 2.58 bits per heavy atom. The zero-order valence-corrected chi connectivity index (χ0v) is 7.86. The topological polar surface area (TPSA) is 31.2 Å². The van der Waals surface area contributed by atoms with Crippen molar-refractivity contribution in [1.29, 1.82) is 0 Å². The highest BCUT2D eigenvalue weighted by Crippen LogP contribution is 2.25. The van der Waals surface area contributed by atoms with Crippen LogP contribution in [0.2, 0.25) is 10.0 Å². The molecule has 1 aromatic carbocycles. The van der Waals surface area contributed by atoms with Crippen LogP contribution in [0, 0.1) is 0 Å². The van der Waals surface area contributed by atoms with E-state index in [4.69, 9.17) is 23.2 Å². The van der Waals surface area contributed by atoms with Gasteiger partial charge in [0.15, 0.2) is 0 Å². The highest BCUT2D eigenvalue weighted by molar-refractivity contribution is 6.36. The van der Waals surface area contributed by atoms with Crippen LogP contribution in [0.25, 0.3) is 0 Å². The van der Waals surface area contributed by atoms with Crippen LogP contribution in [0.15, 0.2) is 18.2 Å². The molecular weight excluding hydrogens is 197 g/mol. The molecule has 4 heteroatoms. The number of rotatable bonds is 1. The maximum Gasteiger partial charge on any atom is 0.243 e. The minimum Gasteiger partial charge on any atom is -0.273 e. The predicted octanol–water partition coefficient (Wildman–Crippen LogP) is 2.78. The fourth-order valence-electron chi connectivity index (χ4n) is 0.742. The lowest BCUT2D eigenvalue weighted by molar-refractivity contribution is -0.118. The Morgan fingerprint density at radius 2 is 2.08 bits per heavy atom. The predicted molar refractivity (Wildman–Crippen MR) is 48.9 cm³/mol. The number of nitrogens with zero attached hydrogens (tertiary/aromatic N) is 1. The first-order chi connectivity index (χ1) is 5.59. The highest BCUT2D eigenvalue weighted by Gasteiger charge is 2.03. The van der Waals surface area contributed by atoms with E-state index in [0.29, 0.717) is 15.7 Å². The van der Waals surface area contributed by atoms with Crippen molar-refractivity contribution in [3.63, 3.8) is 0 Å². The molecule has 0 aliphatic carbocycles. The monoisotopic (exact) mass is 202 g/mol. The molecule has 0 aromatic heterocycles. The Labute approximate surface area is 80.5 Å². The summed E-state index contributed by atoms with van der Waals surface area (Å²) < 4.78 is 0. The standard InChI is InChI=1S/C8H6Cl2NO/c1-5(12)11-8-3-2-6(9)4-7(8)10/h2-4H,1H3. The van der Waals surface area contributed by atoms with Crippen molar-refractivity contribution in [2.24, 2.45) is 0 Å². The van der Waals surface area contributed by atoms with Crippen LogP contribution >= 0.6 is 23.2 Å². The Balaban J connectivity index is 2.93. The minimum atomic E-state index is -0.278. The van der Waals surface area contributed by atoms with Gasteiger partial charge in [0.2, 0.25) is 5.91 Å². The molecule has 0 spiro atoms. The van der Waals surface area contributed by atoms with E-state index in [1.54, 1.807) is 18.2 Å². The Hall–Kier alpha value is -0.730. The van der Waals surface area contributed by atoms with Gasteiger partial charge < -0.3 is 0 Å². The SMILES string of the molecule is CC(=O)[N]c1ccc(Cl)cc1Cl. The van der Waals surface area contributed by atoms with Gasteiger partial charge in [-0.2, -0.15) is 0 Å². The molecule has 0 heterocycles. The lowest BCUT2D eigenvalue weighted by atomic mass is 10.3. The molecule has 0 unspecified atom stereocenters. The number of benzene rings is 1. The number of carbonyl (C=O) groups is 1. The molecule has 1 amide bonds. The summed E-state index contributed by atoms with van der Waals surface area (Å²) in [6.45, 7) is 1.37. The largest absolute Gasteiger partial charge is 0.273 e. The normalized spacial score (nSPS) is 9.58. The number of hydrogen-bond donors (Lipinski definition) is 0. The van der Waals surface area contributed by atoms with Gasteiger partial charge in [-0.3, -0.25) is 4.79 Å². The second-order valence-electron chi connectivity index (χ2n) is 2.23. The third kappa shape index (κ3) is 2.40. The van der Waals surface area contributed by atoms with Crippen LogP contribution < -0.4 is 5.32 Å². The fraction of sp³-hybridized carbons (Fsp3) is 0.125. The molecule has 0 saturated heterocycles. The summed E-state index contributed by atoms with van der Waals surface area (Å²) in [6.07, 6.45) is 0. The fourth-order valence-corrected chi connectivity index (χ4v) is 1.19. The first kappa shape index (κ1) is 9.36. The van der Waals surface area contributed by atoms with E-state index in [1.165, 1.54) is 6.92 Å². The quantitative estimate of drug-likeness (QED) is 0.690. The van der Waals surface area contributed by atoms with Crippen molar-refractivity contribution in [2.45, 2.75) is 6.92 Å². The molecule has 0 atom stereocenters. The first-order valence-electron chi connectivity index (χ1n) is 3.27. The van der Waals surface area contributed by atoms with E-state index in [-0.39, 0.29) is 5.91 Å². The molecule has 1 radical (unpaired) electrons. The van der Waals surface area contributed by atoms with Crippen molar-refractivity contribution in [3.8, 4) is 0 Å². The van der Waals surface area contributed by atoms with Crippen LogP contribution in [0.4, 0.5) is 5.69 Å². The summed E-state index contributed by atoms with van der Waals surface area (Å²) in [7, 11) is 0. The summed E-state index contributed by atoms with van der Waals surface area (Å²) in [5, 5.41) is 4.59. The van der Waals surface area contributed by atoms with Gasteiger partial charge in [0, 0.05) is 11.9 Å². The number of halogens is 2. The van der Waals surface area contributed by atoms with E-state index in [2.05, 4.69) is 5.32 Å². The molecule has 1 rings (SSSR count). The third-order valence-corrected chi connectivity index (χ3v) is 1.73. The smallest absolute Gasteiger partial charge is 0.243 e. The van der Waals surface area contributed by atoms with Crippen molar-refractivity contribution >= 4 is 34.8 Å². The van der Waals surface area contributed by atoms with Gasteiger partial charge in [0.25, 0.3) is 0 Å². The molecule has 1 aromatic rings. The van der Waals surface area contributed by atoms with Gasteiger partial charge >= 0.3 is 0 Å². The maximum absolute atomic E-state index is 10.6. The minimum absolute atomic E-state index is 0.278. The molecule has 0 aliphatic heterocycles. The molecule has 0 N–H and O–H groups in total. The van der Waals surface area contributed by atoms with E-state index in [0.717, 1.165) is 0 Å². The third-order valence-electron chi connectivity index (χ3n) is 1.19. The molecule has 0 fully saturated rings. The van der Waals surface area contributed by atoms with E-state index < -0.39 is 0 Å². The van der Waals surface area contributed by atoms with Crippen LogP contribution in [-0.2, 0) is 4.79 Å². The zero-order chi connectivity index (χ0) is 9.14. The van der Waals surface area contributed by atoms with Crippen LogP contribution in [0.1, 0.15) is 6.92 Å². The average Bonchev–Trinajstić information content (AvgIpc) is 1.94. The molecule has 2 nitrogen and oxygen atoms in total.